The van der Waals surface area contributed by atoms with Crippen molar-refractivity contribution in [2.24, 2.45) is 0 Å². The molecule has 3 rings (SSSR count). The lowest BCUT2D eigenvalue weighted by molar-refractivity contribution is -0.133. The lowest BCUT2D eigenvalue weighted by Gasteiger charge is -2.35. The van der Waals surface area contributed by atoms with Crippen molar-refractivity contribution in [3.63, 3.8) is 0 Å². The third-order valence-electron chi connectivity index (χ3n) is 5.02. The van der Waals surface area contributed by atoms with E-state index in [1.54, 1.807) is 18.5 Å². The van der Waals surface area contributed by atoms with Crippen molar-refractivity contribution in [2.75, 3.05) is 18.4 Å². The zero-order chi connectivity index (χ0) is 18.4. The number of pyridine rings is 1. The van der Waals surface area contributed by atoms with Gasteiger partial charge in [-0.05, 0) is 30.9 Å². The fraction of sp³-hybridized carbons (Fsp3) is 0.381. The molecule has 0 aliphatic carbocycles. The molecule has 5 nitrogen and oxygen atoms in total. The quantitative estimate of drug-likeness (QED) is 0.897. The van der Waals surface area contributed by atoms with Crippen LogP contribution in [0.25, 0.3) is 0 Å². The number of piperidine rings is 1. The van der Waals surface area contributed by atoms with Gasteiger partial charge in [-0.1, -0.05) is 37.3 Å². The summed E-state index contributed by atoms with van der Waals surface area (Å²) in [5, 5.41) is 12.6. The molecule has 2 aromatic rings. The molecule has 134 valence electrons. The maximum atomic E-state index is 12.9. The first kappa shape index (κ1) is 17.9. The molecule has 1 N–H and O–H groups in total. The molecular weight excluding hydrogens is 324 g/mol. The number of benzene rings is 1. The molecule has 5 heteroatoms. The van der Waals surface area contributed by atoms with Crippen molar-refractivity contribution >= 4 is 11.6 Å². The highest BCUT2D eigenvalue weighted by Crippen LogP contribution is 2.25. The van der Waals surface area contributed by atoms with Crippen LogP contribution < -0.4 is 5.32 Å². The molecule has 0 spiro atoms. The van der Waals surface area contributed by atoms with E-state index in [1.807, 2.05) is 35.2 Å². The van der Waals surface area contributed by atoms with E-state index in [1.165, 1.54) is 0 Å². The van der Waals surface area contributed by atoms with Gasteiger partial charge in [-0.25, -0.2) is 0 Å². The van der Waals surface area contributed by atoms with Gasteiger partial charge in [0.15, 0.2) is 0 Å². The predicted molar refractivity (Wildman–Crippen MR) is 102 cm³/mol. The van der Waals surface area contributed by atoms with Gasteiger partial charge in [0, 0.05) is 25.3 Å². The average molecular weight is 348 g/mol. The topological polar surface area (TPSA) is 69.0 Å². The van der Waals surface area contributed by atoms with Crippen LogP contribution in [0.3, 0.4) is 0 Å². The summed E-state index contributed by atoms with van der Waals surface area (Å²) < 4.78 is 0. The van der Waals surface area contributed by atoms with E-state index in [0.717, 1.165) is 43.6 Å². The van der Waals surface area contributed by atoms with E-state index >= 15 is 0 Å². The number of anilines is 1. The van der Waals surface area contributed by atoms with Crippen molar-refractivity contribution < 1.29 is 4.79 Å². The molecule has 0 unspecified atom stereocenters. The summed E-state index contributed by atoms with van der Waals surface area (Å²) in [6, 6.07) is 14.2. The standard InChI is InChI=1S/C21H24N4O/c1-2-19(16-6-4-3-5-7-16)21(26)25-12-9-18(10-13-25)24-20-15-23-11-8-17(20)14-22/h3-8,11,15,18-19,24H,2,9-10,12-13H2,1H3/t19-/m1/s1. The van der Waals surface area contributed by atoms with Gasteiger partial charge in [-0.2, -0.15) is 5.26 Å². The number of nitrogens with zero attached hydrogens (tertiary/aromatic N) is 3. The maximum absolute atomic E-state index is 12.9. The van der Waals surface area contributed by atoms with Gasteiger partial charge >= 0.3 is 0 Å². The largest absolute Gasteiger partial charge is 0.380 e. The van der Waals surface area contributed by atoms with Gasteiger partial charge in [-0.15, -0.1) is 0 Å². The van der Waals surface area contributed by atoms with Crippen molar-refractivity contribution in [3.8, 4) is 6.07 Å². The predicted octanol–water partition coefficient (Wildman–Crippen LogP) is 3.55. The monoisotopic (exact) mass is 348 g/mol. The van der Waals surface area contributed by atoms with E-state index in [-0.39, 0.29) is 17.9 Å². The highest BCUT2D eigenvalue weighted by molar-refractivity contribution is 5.83. The molecule has 0 saturated carbocycles. The molecule has 26 heavy (non-hydrogen) atoms. The summed E-state index contributed by atoms with van der Waals surface area (Å²) in [6.45, 7) is 3.54. The highest BCUT2D eigenvalue weighted by Gasteiger charge is 2.28. The molecular formula is C21H24N4O. The number of hydrogen-bond acceptors (Lipinski definition) is 4. The van der Waals surface area contributed by atoms with Crippen LogP contribution in [0.5, 0.6) is 0 Å². The molecule has 0 bridgehead atoms. The SMILES string of the molecule is CC[C@@H](C(=O)N1CCC(Nc2cnccc2C#N)CC1)c1ccccc1. The Kier molecular flexibility index (Phi) is 5.85. The number of aromatic nitrogens is 1. The Bertz CT molecular complexity index is 776. The lowest BCUT2D eigenvalue weighted by atomic mass is 9.93. The number of likely N-dealkylation sites (tertiary alicyclic amines) is 1. The minimum Gasteiger partial charge on any atom is -0.380 e. The molecule has 1 aromatic heterocycles. The molecule has 1 aromatic carbocycles. The minimum absolute atomic E-state index is 0.0655. The van der Waals surface area contributed by atoms with Crippen LogP contribution >= 0.6 is 0 Å². The number of nitriles is 1. The van der Waals surface area contributed by atoms with Crippen LogP contribution in [-0.4, -0.2) is 34.9 Å². The summed E-state index contributed by atoms with van der Waals surface area (Å²) in [5.74, 6) is 0.153. The fourth-order valence-electron chi connectivity index (χ4n) is 3.53. The van der Waals surface area contributed by atoms with Crippen LogP contribution in [0, 0.1) is 11.3 Å². The Morgan fingerprint density at radius 3 is 2.69 bits per heavy atom. The van der Waals surface area contributed by atoms with Crippen LogP contribution in [0.15, 0.2) is 48.8 Å². The average Bonchev–Trinajstić information content (AvgIpc) is 2.70. The highest BCUT2D eigenvalue weighted by atomic mass is 16.2. The van der Waals surface area contributed by atoms with Gasteiger partial charge in [0.05, 0.1) is 23.4 Å². The van der Waals surface area contributed by atoms with Crippen LogP contribution in [0.2, 0.25) is 0 Å². The molecule has 0 radical (unpaired) electrons. The van der Waals surface area contributed by atoms with Gasteiger partial charge in [-0.3, -0.25) is 9.78 Å². The van der Waals surface area contributed by atoms with Crippen molar-refractivity contribution in [1.82, 2.24) is 9.88 Å². The summed E-state index contributed by atoms with van der Waals surface area (Å²) in [4.78, 5) is 19.0. The summed E-state index contributed by atoms with van der Waals surface area (Å²) in [5.41, 5.74) is 2.47. The number of hydrogen-bond donors (Lipinski definition) is 1. The number of nitrogens with one attached hydrogen (secondary N) is 1. The van der Waals surface area contributed by atoms with Gasteiger partial charge < -0.3 is 10.2 Å². The normalized spacial score (nSPS) is 15.9. The Labute approximate surface area is 154 Å². The first-order valence-electron chi connectivity index (χ1n) is 9.17. The Morgan fingerprint density at radius 2 is 2.04 bits per heavy atom. The van der Waals surface area contributed by atoms with Gasteiger partial charge in [0.25, 0.3) is 0 Å². The molecule has 1 aliphatic heterocycles. The van der Waals surface area contributed by atoms with Crippen LogP contribution in [-0.2, 0) is 4.79 Å². The minimum atomic E-state index is -0.0655. The van der Waals surface area contributed by atoms with E-state index < -0.39 is 0 Å². The summed E-state index contributed by atoms with van der Waals surface area (Å²) >= 11 is 0. The van der Waals surface area contributed by atoms with E-state index in [2.05, 4.69) is 23.3 Å². The number of amides is 1. The van der Waals surface area contributed by atoms with E-state index in [0.29, 0.717) is 5.56 Å². The van der Waals surface area contributed by atoms with E-state index in [9.17, 15) is 10.1 Å². The van der Waals surface area contributed by atoms with Crippen LogP contribution in [0.4, 0.5) is 5.69 Å². The molecule has 2 heterocycles. The third-order valence-corrected chi connectivity index (χ3v) is 5.02. The number of rotatable bonds is 5. The van der Waals surface area contributed by atoms with Crippen LogP contribution in [0.1, 0.15) is 43.2 Å². The molecule has 1 fully saturated rings. The van der Waals surface area contributed by atoms with Crippen molar-refractivity contribution in [2.45, 2.75) is 38.1 Å². The van der Waals surface area contributed by atoms with Gasteiger partial charge in [0.2, 0.25) is 5.91 Å². The molecule has 1 atom stereocenters. The lowest BCUT2D eigenvalue weighted by Crippen LogP contribution is -2.44. The first-order chi connectivity index (χ1) is 12.7. The van der Waals surface area contributed by atoms with Crippen molar-refractivity contribution in [1.29, 1.82) is 5.26 Å². The first-order valence-corrected chi connectivity index (χ1v) is 9.17. The molecule has 1 amide bonds. The Hall–Kier alpha value is -2.87. The summed E-state index contributed by atoms with van der Waals surface area (Å²) in [6.07, 6.45) is 5.87. The third kappa shape index (κ3) is 4.02. The zero-order valence-electron chi connectivity index (χ0n) is 15.1. The maximum Gasteiger partial charge on any atom is 0.230 e. The molecule has 1 aliphatic rings. The number of carbonyl (C=O) groups is 1. The van der Waals surface area contributed by atoms with E-state index in [4.69, 9.17) is 0 Å². The van der Waals surface area contributed by atoms with Gasteiger partial charge in [0.1, 0.15) is 6.07 Å². The Balaban J connectivity index is 1.59. The second kappa shape index (κ2) is 8.48. The van der Waals surface area contributed by atoms with Crippen molar-refractivity contribution in [3.05, 3.63) is 59.9 Å². The smallest absolute Gasteiger partial charge is 0.230 e. The second-order valence-corrected chi connectivity index (χ2v) is 6.65. The fourth-order valence-corrected chi connectivity index (χ4v) is 3.53. The zero-order valence-corrected chi connectivity index (χ0v) is 15.1. The second-order valence-electron chi connectivity index (χ2n) is 6.65. The molecule has 1 saturated heterocycles. The number of carbonyl (C=O) groups excluding carboxylic acids is 1. The Morgan fingerprint density at radius 1 is 1.31 bits per heavy atom. The summed E-state index contributed by atoms with van der Waals surface area (Å²) in [7, 11) is 0.